The number of fused-ring (bicyclic) bond motifs is 1. The van der Waals surface area contributed by atoms with Gasteiger partial charge in [0.05, 0.1) is 11.1 Å². The van der Waals surface area contributed by atoms with Crippen molar-refractivity contribution in [2.45, 2.75) is 6.04 Å². The number of imide groups is 1. The summed E-state index contributed by atoms with van der Waals surface area (Å²) in [4.78, 5) is 45.4. The highest BCUT2D eigenvalue weighted by Gasteiger charge is 2.46. The van der Waals surface area contributed by atoms with Gasteiger partial charge in [0.2, 0.25) is 6.04 Å². The number of amides is 2. The van der Waals surface area contributed by atoms with Crippen LogP contribution in [0.15, 0.2) is 18.2 Å². The summed E-state index contributed by atoms with van der Waals surface area (Å²) < 4.78 is 13.0. The van der Waals surface area contributed by atoms with E-state index in [2.05, 4.69) is 0 Å². The van der Waals surface area contributed by atoms with Crippen molar-refractivity contribution >= 4 is 23.8 Å². The first kappa shape index (κ1) is 12.7. The molecular weight excluding hydrogens is 261 g/mol. The summed E-state index contributed by atoms with van der Waals surface area (Å²) in [5.41, 5.74) is -0.573. The Morgan fingerprint density at radius 3 is 2.11 bits per heavy atom. The topological polar surface area (TPSA) is 112 Å². The Morgan fingerprint density at radius 1 is 1.05 bits per heavy atom. The van der Waals surface area contributed by atoms with E-state index in [1.54, 1.807) is 0 Å². The molecule has 19 heavy (non-hydrogen) atoms. The third-order valence-corrected chi connectivity index (χ3v) is 2.61. The van der Waals surface area contributed by atoms with Gasteiger partial charge in [0.15, 0.2) is 0 Å². The molecule has 0 aromatic heterocycles. The Kier molecular flexibility index (Phi) is 2.78. The van der Waals surface area contributed by atoms with E-state index in [9.17, 15) is 23.6 Å². The van der Waals surface area contributed by atoms with Gasteiger partial charge in [0.25, 0.3) is 11.8 Å². The minimum Gasteiger partial charge on any atom is -0.479 e. The molecule has 0 spiro atoms. The fourth-order valence-corrected chi connectivity index (χ4v) is 1.79. The molecule has 7 nitrogen and oxygen atoms in total. The maximum atomic E-state index is 13.0. The molecule has 0 unspecified atom stereocenters. The molecule has 1 aliphatic heterocycles. The predicted molar refractivity (Wildman–Crippen MR) is 56.0 cm³/mol. The SMILES string of the molecule is O=C(O)C(C(=O)O)N1C(=O)c2ccc(F)cc2C1=O. The van der Waals surface area contributed by atoms with Gasteiger partial charge in [-0.25, -0.2) is 18.9 Å². The zero-order valence-electron chi connectivity index (χ0n) is 9.16. The van der Waals surface area contributed by atoms with E-state index in [1.807, 2.05) is 0 Å². The summed E-state index contributed by atoms with van der Waals surface area (Å²) in [5, 5.41) is 17.5. The number of carbonyl (C=O) groups excluding carboxylic acids is 2. The molecule has 1 aliphatic rings. The van der Waals surface area contributed by atoms with Crippen LogP contribution >= 0.6 is 0 Å². The van der Waals surface area contributed by atoms with Crippen molar-refractivity contribution in [2.75, 3.05) is 0 Å². The van der Waals surface area contributed by atoms with Gasteiger partial charge >= 0.3 is 11.9 Å². The molecule has 0 bridgehead atoms. The molecule has 1 aromatic carbocycles. The smallest absolute Gasteiger partial charge is 0.338 e. The van der Waals surface area contributed by atoms with E-state index in [0.717, 1.165) is 18.2 Å². The molecule has 8 heteroatoms. The molecule has 2 rings (SSSR count). The molecular formula is C11H6FNO6. The van der Waals surface area contributed by atoms with Crippen LogP contribution in [0.1, 0.15) is 20.7 Å². The van der Waals surface area contributed by atoms with Crippen LogP contribution < -0.4 is 0 Å². The van der Waals surface area contributed by atoms with E-state index in [1.165, 1.54) is 0 Å². The van der Waals surface area contributed by atoms with Crippen molar-refractivity contribution in [3.8, 4) is 0 Å². The van der Waals surface area contributed by atoms with Gasteiger partial charge in [0, 0.05) is 0 Å². The van der Waals surface area contributed by atoms with Crippen molar-refractivity contribution in [1.82, 2.24) is 4.90 Å². The normalized spacial score (nSPS) is 13.9. The first-order chi connectivity index (χ1) is 8.84. The molecule has 0 saturated carbocycles. The quantitative estimate of drug-likeness (QED) is 0.587. The minimum atomic E-state index is -2.34. The third kappa shape index (κ3) is 1.82. The molecule has 0 saturated heterocycles. The molecule has 1 aromatic rings. The zero-order valence-corrected chi connectivity index (χ0v) is 9.16. The Balaban J connectivity index is 2.53. The van der Waals surface area contributed by atoms with E-state index >= 15 is 0 Å². The highest BCUT2D eigenvalue weighted by Crippen LogP contribution is 2.25. The predicted octanol–water partition coefficient (Wildman–Crippen LogP) is -0.0405. The molecule has 2 amide bonds. The van der Waals surface area contributed by atoms with Crippen LogP contribution in [0, 0.1) is 5.82 Å². The molecule has 0 aliphatic carbocycles. The van der Waals surface area contributed by atoms with Crippen molar-refractivity contribution in [3.63, 3.8) is 0 Å². The number of carbonyl (C=O) groups is 4. The lowest BCUT2D eigenvalue weighted by Gasteiger charge is -2.18. The van der Waals surface area contributed by atoms with Gasteiger partial charge in [-0.2, -0.15) is 0 Å². The highest BCUT2D eigenvalue weighted by molar-refractivity contribution is 6.24. The van der Waals surface area contributed by atoms with E-state index in [-0.39, 0.29) is 16.0 Å². The summed E-state index contributed by atoms with van der Waals surface area (Å²) in [7, 11) is 0. The van der Waals surface area contributed by atoms with Crippen LogP contribution in [0.4, 0.5) is 4.39 Å². The van der Waals surface area contributed by atoms with Crippen LogP contribution in [-0.2, 0) is 9.59 Å². The lowest BCUT2D eigenvalue weighted by molar-refractivity contribution is -0.154. The van der Waals surface area contributed by atoms with Crippen molar-refractivity contribution in [2.24, 2.45) is 0 Å². The second-order valence-electron chi connectivity index (χ2n) is 3.75. The first-order valence-corrected chi connectivity index (χ1v) is 4.97. The third-order valence-electron chi connectivity index (χ3n) is 2.61. The Labute approximate surface area is 104 Å². The van der Waals surface area contributed by atoms with Crippen LogP contribution in [0.2, 0.25) is 0 Å². The van der Waals surface area contributed by atoms with Gasteiger partial charge in [-0.05, 0) is 18.2 Å². The number of hydrogen-bond donors (Lipinski definition) is 2. The highest BCUT2D eigenvalue weighted by atomic mass is 19.1. The summed E-state index contributed by atoms with van der Waals surface area (Å²) >= 11 is 0. The minimum absolute atomic E-state index is 0.0920. The monoisotopic (exact) mass is 267 g/mol. The van der Waals surface area contributed by atoms with Crippen LogP contribution in [-0.4, -0.2) is 44.9 Å². The lowest BCUT2D eigenvalue weighted by Crippen LogP contribution is -2.49. The van der Waals surface area contributed by atoms with Gasteiger partial charge in [-0.1, -0.05) is 0 Å². The second-order valence-corrected chi connectivity index (χ2v) is 3.75. The fourth-order valence-electron chi connectivity index (χ4n) is 1.79. The average Bonchev–Trinajstić information content (AvgIpc) is 2.53. The number of hydrogen-bond acceptors (Lipinski definition) is 4. The number of carboxylic acid groups (broad SMARTS) is 2. The van der Waals surface area contributed by atoms with E-state index in [4.69, 9.17) is 10.2 Å². The van der Waals surface area contributed by atoms with Gasteiger partial charge in [-0.3, -0.25) is 9.59 Å². The van der Waals surface area contributed by atoms with Crippen LogP contribution in [0.25, 0.3) is 0 Å². The molecule has 98 valence electrons. The van der Waals surface area contributed by atoms with Crippen molar-refractivity contribution < 1.29 is 33.8 Å². The standard InChI is InChI=1S/C11H6FNO6/c12-4-1-2-5-6(3-4)9(15)13(8(5)14)7(10(16)17)11(18)19/h1-3,7H,(H,16,17)(H,18,19). The Hall–Kier alpha value is -2.77. The maximum absolute atomic E-state index is 13.0. The molecule has 0 fully saturated rings. The van der Waals surface area contributed by atoms with Crippen molar-refractivity contribution in [1.29, 1.82) is 0 Å². The number of aliphatic carboxylic acids is 2. The van der Waals surface area contributed by atoms with Crippen molar-refractivity contribution in [3.05, 3.63) is 35.1 Å². The largest absolute Gasteiger partial charge is 0.479 e. The first-order valence-electron chi connectivity index (χ1n) is 4.97. The number of benzene rings is 1. The Morgan fingerprint density at radius 2 is 1.58 bits per heavy atom. The summed E-state index contributed by atoms with van der Waals surface area (Å²) in [5.74, 6) is -6.72. The molecule has 2 N–H and O–H groups in total. The number of halogens is 1. The fraction of sp³-hybridized carbons (Fsp3) is 0.0909. The van der Waals surface area contributed by atoms with E-state index in [0.29, 0.717) is 0 Å². The molecule has 0 atom stereocenters. The molecule has 1 heterocycles. The second kappa shape index (κ2) is 4.16. The number of nitrogens with zero attached hydrogens (tertiary/aromatic N) is 1. The van der Waals surface area contributed by atoms with Gasteiger partial charge in [-0.15, -0.1) is 0 Å². The Bertz CT molecular complexity index is 612. The summed E-state index contributed by atoms with van der Waals surface area (Å²) in [6.45, 7) is 0. The summed E-state index contributed by atoms with van der Waals surface area (Å²) in [6, 6.07) is 0.349. The van der Waals surface area contributed by atoms with E-state index < -0.39 is 35.6 Å². The van der Waals surface area contributed by atoms with Crippen LogP contribution in [0.3, 0.4) is 0 Å². The number of carboxylic acids is 2. The molecule has 0 radical (unpaired) electrons. The number of rotatable bonds is 3. The zero-order chi connectivity index (χ0) is 14.3. The van der Waals surface area contributed by atoms with Gasteiger partial charge < -0.3 is 10.2 Å². The summed E-state index contributed by atoms with van der Waals surface area (Å²) in [6.07, 6.45) is 0. The van der Waals surface area contributed by atoms with Gasteiger partial charge in [0.1, 0.15) is 5.82 Å². The maximum Gasteiger partial charge on any atom is 0.338 e. The lowest BCUT2D eigenvalue weighted by atomic mass is 10.1. The average molecular weight is 267 g/mol. The van der Waals surface area contributed by atoms with Crippen LogP contribution in [0.5, 0.6) is 0 Å².